The zero-order valence-corrected chi connectivity index (χ0v) is 6.90. The molecule has 0 aromatic rings. The van der Waals surface area contributed by atoms with Crippen molar-refractivity contribution in [3.05, 3.63) is 12.7 Å². The molecule has 0 radical (unpaired) electrons. The fraction of sp³-hybridized carbons (Fsp3) is 0.625. The molecule has 3 atom stereocenters. The number of hydrogen-bond donors (Lipinski definition) is 1. The molecule has 1 rings (SSSR count). The first kappa shape index (κ1) is 9.06. The van der Waals surface area contributed by atoms with Gasteiger partial charge >= 0.3 is 6.16 Å². The van der Waals surface area contributed by atoms with Crippen LogP contribution in [-0.4, -0.2) is 29.6 Å². The second-order valence-electron chi connectivity index (χ2n) is 2.81. The van der Waals surface area contributed by atoms with E-state index in [1.54, 1.807) is 6.92 Å². The van der Waals surface area contributed by atoms with Gasteiger partial charge < -0.3 is 14.6 Å². The highest BCUT2D eigenvalue weighted by molar-refractivity contribution is 5.62. The molecule has 0 aromatic carbocycles. The summed E-state index contributed by atoms with van der Waals surface area (Å²) in [7, 11) is 0. The Labute approximate surface area is 70.8 Å². The molecule has 4 heteroatoms. The number of hydrogen-bond acceptors (Lipinski definition) is 4. The number of aliphatic hydroxyl groups is 1. The second kappa shape index (κ2) is 3.58. The van der Waals surface area contributed by atoms with Crippen LogP contribution in [0, 0.1) is 0 Å². The van der Waals surface area contributed by atoms with Gasteiger partial charge in [-0.2, -0.15) is 0 Å². The summed E-state index contributed by atoms with van der Waals surface area (Å²) in [6, 6.07) is 0. The van der Waals surface area contributed by atoms with Crippen molar-refractivity contribution in [2.24, 2.45) is 0 Å². The van der Waals surface area contributed by atoms with Gasteiger partial charge in [-0.1, -0.05) is 6.58 Å². The maximum Gasteiger partial charge on any atom is 0.509 e. The standard InChI is InChI=1S/C8H12O4/c1-3-6-7(4-5(2)9)12-8(10)11-6/h3,5-7,9H,1,4H2,2H3/t5-,6+,7+/m1/s1. The first-order chi connectivity index (χ1) is 5.63. The van der Waals surface area contributed by atoms with E-state index in [1.807, 2.05) is 0 Å². The van der Waals surface area contributed by atoms with Gasteiger partial charge in [0, 0.05) is 6.42 Å². The van der Waals surface area contributed by atoms with Gasteiger partial charge in [-0.05, 0) is 13.0 Å². The number of aliphatic hydroxyl groups excluding tert-OH is 1. The zero-order valence-electron chi connectivity index (χ0n) is 6.90. The molecule has 0 unspecified atom stereocenters. The molecule has 4 nitrogen and oxygen atoms in total. The molecule has 0 amide bonds. The summed E-state index contributed by atoms with van der Waals surface area (Å²) in [5.74, 6) is 0. The van der Waals surface area contributed by atoms with Crippen LogP contribution in [0.2, 0.25) is 0 Å². The lowest BCUT2D eigenvalue weighted by atomic mass is 10.1. The van der Waals surface area contributed by atoms with Crippen LogP contribution in [-0.2, 0) is 9.47 Å². The highest BCUT2D eigenvalue weighted by atomic mass is 16.8. The van der Waals surface area contributed by atoms with Crippen LogP contribution in [0.5, 0.6) is 0 Å². The number of ether oxygens (including phenoxy) is 2. The predicted molar refractivity (Wildman–Crippen MR) is 41.6 cm³/mol. The minimum absolute atomic E-state index is 0.377. The van der Waals surface area contributed by atoms with E-state index < -0.39 is 24.5 Å². The van der Waals surface area contributed by atoms with E-state index in [-0.39, 0.29) is 0 Å². The molecule has 1 N–H and O–H groups in total. The van der Waals surface area contributed by atoms with E-state index in [9.17, 15) is 4.79 Å². The van der Waals surface area contributed by atoms with Crippen LogP contribution in [0.3, 0.4) is 0 Å². The molecule has 1 heterocycles. The van der Waals surface area contributed by atoms with Gasteiger partial charge in [0.25, 0.3) is 0 Å². The monoisotopic (exact) mass is 172 g/mol. The summed E-state index contributed by atoms with van der Waals surface area (Å²) in [6.45, 7) is 5.13. The van der Waals surface area contributed by atoms with Crippen LogP contribution < -0.4 is 0 Å². The SMILES string of the molecule is C=C[C@@H]1OC(=O)O[C@H]1C[C@@H](C)O. The number of rotatable bonds is 3. The predicted octanol–water partition coefficient (Wildman–Crippen LogP) is 0.847. The molecular weight excluding hydrogens is 160 g/mol. The number of carbonyl (C=O) groups is 1. The van der Waals surface area contributed by atoms with Crippen LogP contribution in [0.1, 0.15) is 13.3 Å². The summed E-state index contributed by atoms with van der Waals surface area (Å²) in [5, 5.41) is 9.03. The van der Waals surface area contributed by atoms with Crippen molar-refractivity contribution < 1.29 is 19.4 Å². The fourth-order valence-corrected chi connectivity index (χ4v) is 1.12. The summed E-state index contributed by atoms with van der Waals surface area (Å²) in [6.07, 6.45) is -0.139. The van der Waals surface area contributed by atoms with Crippen LogP contribution in [0.4, 0.5) is 4.79 Å². The maximum atomic E-state index is 10.6. The Kier molecular flexibility index (Phi) is 2.70. The quantitative estimate of drug-likeness (QED) is 0.506. The van der Waals surface area contributed by atoms with Gasteiger partial charge in [-0.25, -0.2) is 4.79 Å². The Morgan fingerprint density at radius 3 is 2.92 bits per heavy atom. The molecule has 1 saturated heterocycles. The Morgan fingerprint density at radius 2 is 2.42 bits per heavy atom. The second-order valence-corrected chi connectivity index (χ2v) is 2.81. The first-order valence-electron chi connectivity index (χ1n) is 3.81. The van der Waals surface area contributed by atoms with Gasteiger partial charge in [0.2, 0.25) is 0 Å². The van der Waals surface area contributed by atoms with Crippen molar-refractivity contribution >= 4 is 6.16 Å². The smallest absolute Gasteiger partial charge is 0.427 e. The third kappa shape index (κ3) is 1.98. The van der Waals surface area contributed by atoms with Gasteiger partial charge in [0.1, 0.15) is 6.10 Å². The normalized spacial score (nSPS) is 30.7. The van der Waals surface area contributed by atoms with Crippen LogP contribution in [0.15, 0.2) is 12.7 Å². The summed E-state index contributed by atoms with van der Waals surface area (Å²) in [5.41, 5.74) is 0. The van der Waals surface area contributed by atoms with Crippen LogP contribution in [0.25, 0.3) is 0 Å². The Morgan fingerprint density at radius 1 is 1.75 bits per heavy atom. The molecule has 0 aliphatic carbocycles. The van der Waals surface area contributed by atoms with E-state index in [0.717, 1.165) is 0 Å². The Hall–Kier alpha value is -1.03. The average Bonchev–Trinajstić information content (AvgIpc) is 2.29. The highest BCUT2D eigenvalue weighted by Crippen LogP contribution is 2.19. The fourth-order valence-electron chi connectivity index (χ4n) is 1.12. The molecule has 68 valence electrons. The molecule has 1 aliphatic heterocycles. The van der Waals surface area contributed by atoms with Crippen molar-refractivity contribution in [3.63, 3.8) is 0 Å². The lowest BCUT2D eigenvalue weighted by Gasteiger charge is -2.12. The molecule has 1 aliphatic rings. The van der Waals surface area contributed by atoms with Gasteiger partial charge in [-0.3, -0.25) is 0 Å². The van der Waals surface area contributed by atoms with Crippen molar-refractivity contribution in [2.45, 2.75) is 31.7 Å². The van der Waals surface area contributed by atoms with Crippen molar-refractivity contribution in [2.75, 3.05) is 0 Å². The summed E-state index contributed by atoms with van der Waals surface area (Å²) < 4.78 is 9.52. The minimum atomic E-state index is -0.689. The van der Waals surface area contributed by atoms with Gasteiger partial charge in [0.05, 0.1) is 6.10 Å². The summed E-state index contributed by atoms with van der Waals surface area (Å²) in [4.78, 5) is 10.6. The molecule has 0 aromatic heterocycles. The zero-order chi connectivity index (χ0) is 9.14. The number of cyclic esters (lactones) is 2. The lowest BCUT2D eigenvalue weighted by molar-refractivity contribution is 0.0863. The molecular formula is C8H12O4. The van der Waals surface area contributed by atoms with E-state index >= 15 is 0 Å². The maximum absolute atomic E-state index is 10.6. The average molecular weight is 172 g/mol. The molecule has 0 bridgehead atoms. The van der Waals surface area contributed by atoms with Crippen molar-refractivity contribution in [1.82, 2.24) is 0 Å². The third-order valence-corrected chi connectivity index (χ3v) is 1.65. The number of carbonyl (C=O) groups excluding carboxylic acids is 1. The molecule has 0 saturated carbocycles. The highest BCUT2D eigenvalue weighted by Gasteiger charge is 2.34. The third-order valence-electron chi connectivity index (χ3n) is 1.65. The van der Waals surface area contributed by atoms with Crippen LogP contribution >= 0.6 is 0 Å². The Bertz CT molecular complexity index is 187. The van der Waals surface area contributed by atoms with E-state index in [4.69, 9.17) is 14.6 Å². The molecule has 0 spiro atoms. The topological polar surface area (TPSA) is 55.8 Å². The van der Waals surface area contributed by atoms with E-state index in [2.05, 4.69) is 6.58 Å². The van der Waals surface area contributed by atoms with Gasteiger partial charge in [0.15, 0.2) is 6.10 Å². The molecule has 12 heavy (non-hydrogen) atoms. The van der Waals surface area contributed by atoms with E-state index in [0.29, 0.717) is 6.42 Å². The van der Waals surface area contributed by atoms with Crippen molar-refractivity contribution in [3.8, 4) is 0 Å². The summed E-state index contributed by atoms with van der Waals surface area (Å²) >= 11 is 0. The molecule has 1 fully saturated rings. The van der Waals surface area contributed by atoms with Gasteiger partial charge in [-0.15, -0.1) is 0 Å². The van der Waals surface area contributed by atoms with Crippen molar-refractivity contribution in [1.29, 1.82) is 0 Å². The lowest BCUT2D eigenvalue weighted by Crippen LogP contribution is -2.24. The van der Waals surface area contributed by atoms with E-state index in [1.165, 1.54) is 6.08 Å². The largest absolute Gasteiger partial charge is 0.509 e. The first-order valence-corrected chi connectivity index (χ1v) is 3.81. The Balaban J connectivity index is 2.51. The minimum Gasteiger partial charge on any atom is -0.427 e.